The van der Waals surface area contributed by atoms with Crippen molar-refractivity contribution in [2.45, 2.75) is 6.61 Å². The Hall–Kier alpha value is -1.27. The molecule has 0 fully saturated rings. The largest absolute Gasteiger partial charge is 0.489 e. The van der Waals surface area contributed by atoms with Crippen molar-refractivity contribution >= 4 is 75.8 Å². The van der Waals surface area contributed by atoms with Crippen molar-refractivity contribution in [2.24, 2.45) is 5.16 Å². The highest BCUT2D eigenvalue weighted by Gasteiger charge is 2.11. The van der Waals surface area contributed by atoms with Gasteiger partial charge in [-0.1, -0.05) is 99.0 Å². The lowest BCUT2D eigenvalue weighted by molar-refractivity contribution is 0.176. The number of rotatable bonds is 10. The van der Waals surface area contributed by atoms with E-state index >= 15 is 0 Å². The molecule has 0 radical (unpaired) electrons. The van der Waals surface area contributed by atoms with Gasteiger partial charge in [0.15, 0.2) is 5.75 Å². The predicted octanol–water partition coefficient (Wildman–Crippen LogP) is 7.94. The van der Waals surface area contributed by atoms with Gasteiger partial charge in [0.1, 0.15) is 34.6 Å². The van der Waals surface area contributed by atoms with Gasteiger partial charge in [-0.3, -0.25) is 0 Å². The second-order valence-electron chi connectivity index (χ2n) is 5.58. The van der Waals surface area contributed by atoms with Crippen LogP contribution < -0.4 is 9.47 Å². The monoisotopic (exact) mass is 527 g/mol. The number of benzene rings is 2. The molecule has 0 saturated heterocycles. The summed E-state index contributed by atoms with van der Waals surface area (Å²) in [4.78, 5) is 5.00. The van der Waals surface area contributed by atoms with E-state index in [9.17, 15) is 0 Å². The Morgan fingerprint density at radius 2 is 1.43 bits per heavy atom. The third-order valence-electron chi connectivity index (χ3n) is 3.41. The third-order valence-corrected chi connectivity index (χ3v) is 4.59. The summed E-state index contributed by atoms with van der Waals surface area (Å²) in [5.74, 6) is 0.833. The average Bonchev–Trinajstić information content (AvgIpc) is 2.67. The summed E-state index contributed by atoms with van der Waals surface area (Å²) in [6, 6.07) is 10.7. The molecule has 0 amide bonds. The van der Waals surface area contributed by atoms with Gasteiger partial charge in [-0.05, 0) is 23.3 Å². The van der Waals surface area contributed by atoms with Gasteiger partial charge < -0.3 is 14.3 Å². The van der Waals surface area contributed by atoms with Gasteiger partial charge in [0.05, 0.1) is 16.3 Å². The van der Waals surface area contributed by atoms with Crippen LogP contribution in [-0.2, 0) is 11.4 Å². The van der Waals surface area contributed by atoms with Gasteiger partial charge in [-0.25, -0.2) is 0 Å². The minimum Gasteiger partial charge on any atom is -0.489 e. The van der Waals surface area contributed by atoms with Gasteiger partial charge in [0.2, 0.25) is 0 Å². The van der Waals surface area contributed by atoms with E-state index in [1.54, 1.807) is 18.3 Å². The van der Waals surface area contributed by atoms with Crippen LogP contribution in [0, 0.1) is 0 Å². The zero-order valence-corrected chi connectivity index (χ0v) is 19.8. The van der Waals surface area contributed by atoms with Gasteiger partial charge in [-0.2, -0.15) is 0 Å². The minimum absolute atomic E-state index is 0.116. The van der Waals surface area contributed by atoms with E-state index in [4.69, 9.17) is 83.9 Å². The summed E-state index contributed by atoms with van der Waals surface area (Å²) in [6.45, 7) is 0.650. The lowest BCUT2D eigenvalue weighted by Crippen LogP contribution is -1.99. The van der Waals surface area contributed by atoms with Crippen LogP contribution in [-0.4, -0.2) is 19.4 Å². The van der Waals surface area contributed by atoms with Crippen LogP contribution in [0.4, 0.5) is 0 Å². The molecular formula is C20H15Cl6NO3. The number of oxime groups is 1. The van der Waals surface area contributed by atoms with Crippen molar-refractivity contribution < 1.29 is 14.3 Å². The quantitative estimate of drug-likeness (QED) is 0.178. The maximum atomic E-state index is 6.26. The van der Waals surface area contributed by atoms with Crippen LogP contribution in [0.25, 0.3) is 0 Å². The van der Waals surface area contributed by atoms with E-state index in [0.717, 1.165) is 11.1 Å². The molecule has 0 spiro atoms. The first-order valence-electron chi connectivity index (χ1n) is 8.36. The Morgan fingerprint density at radius 3 is 2.03 bits per heavy atom. The number of halogens is 6. The first-order chi connectivity index (χ1) is 14.3. The van der Waals surface area contributed by atoms with Crippen LogP contribution in [0.3, 0.4) is 0 Å². The Bertz CT molecular complexity index is 898. The van der Waals surface area contributed by atoms with Crippen LogP contribution in [0.1, 0.15) is 11.1 Å². The van der Waals surface area contributed by atoms with Crippen LogP contribution in [0.2, 0.25) is 10.0 Å². The predicted molar refractivity (Wildman–Crippen MR) is 126 cm³/mol. The highest BCUT2D eigenvalue weighted by molar-refractivity contribution is 6.56. The van der Waals surface area contributed by atoms with E-state index < -0.39 is 0 Å². The van der Waals surface area contributed by atoms with E-state index in [0.29, 0.717) is 21.5 Å². The Labute approximate surface area is 204 Å². The summed E-state index contributed by atoms with van der Waals surface area (Å²) in [6.07, 6.45) is 4.56. The maximum Gasteiger partial charge on any atom is 0.157 e. The molecule has 0 bridgehead atoms. The van der Waals surface area contributed by atoms with Crippen molar-refractivity contribution in [1.82, 2.24) is 0 Å². The number of ether oxygens (including phenoxy) is 2. The molecule has 0 aliphatic rings. The molecule has 0 aliphatic carbocycles. The molecular weight excluding hydrogens is 515 g/mol. The Balaban J connectivity index is 1.91. The summed E-state index contributed by atoms with van der Waals surface area (Å²) >= 11 is 34.5. The molecule has 0 atom stereocenters. The highest BCUT2D eigenvalue weighted by atomic mass is 35.5. The topological polar surface area (TPSA) is 40.0 Å². The van der Waals surface area contributed by atoms with E-state index in [-0.39, 0.29) is 28.8 Å². The van der Waals surface area contributed by atoms with Crippen molar-refractivity contribution in [3.05, 3.63) is 78.7 Å². The Morgan fingerprint density at radius 1 is 0.833 bits per heavy atom. The van der Waals surface area contributed by atoms with Gasteiger partial charge in [0.25, 0.3) is 0 Å². The molecule has 0 N–H and O–H groups in total. The number of nitrogens with zero attached hydrogens (tertiary/aromatic N) is 1. The molecule has 160 valence electrons. The van der Waals surface area contributed by atoms with Crippen LogP contribution in [0.15, 0.2) is 62.7 Å². The fourth-order valence-electron chi connectivity index (χ4n) is 2.06. The lowest BCUT2D eigenvalue weighted by Gasteiger charge is -2.12. The summed E-state index contributed by atoms with van der Waals surface area (Å²) in [7, 11) is 0. The van der Waals surface area contributed by atoms with Gasteiger partial charge in [0, 0.05) is 12.1 Å². The molecule has 4 nitrogen and oxygen atoms in total. The summed E-state index contributed by atoms with van der Waals surface area (Å²) in [5, 5.41) is 4.46. The molecule has 0 aromatic heterocycles. The van der Waals surface area contributed by atoms with Crippen LogP contribution in [0.5, 0.6) is 11.5 Å². The molecule has 10 heteroatoms. The lowest BCUT2D eigenvalue weighted by atomic mass is 10.1. The first kappa shape index (κ1) is 25.0. The molecule has 0 unspecified atom stereocenters. The van der Waals surface area contributed by atoms with E-state index in [1.807, 2.05) is 24.3 Å². The molecule has 2 aromatic carbocycles. The molecule has 30 heavy (non-hydrogen) atoms. The van der Waals surface area contributed by atoms with Crippen molar-refractivity contribution in [3.8, 4) is 11.5 Å². The molecule has 0 heterocycles. The molecule has 0 aliphatic heterocycles. The Kier molecular flexibility index (Phi) is 11.0. The molecule has 2 rings (SSSR count). The average molecular weight is 530 g/mol. The zero-order chi connectivity index (χ0) is 21.9. The van der Waals surface area contributed by atoms with Crippen molar-refractivity contribution in [3.63, 3.8) is 0 Å². The van der Waals surface area contributed by atoms with E-state index in [2.05, 4.69) is 5.16 Å². The minimum atomic E-state index is 0.116. The van der Waals surface area contributed by atoms with Crippen molar-refractivity contribution in [1.29, 1.82) is 0 Å². The second-order valence-corrected chi connectivity index (χ2v) is 8.41. The first-order valence-corrected chi connectivity index (χ1v) is 10.6. The standard InChI is InChI=1S/C20H15Cl6NO3/c21-16-9-15(28-7-5-18(23)24)10-17(22)20(16)29-12-14-3-1-13(2-4-14)11-27-30-8-6-19(25)26/h1-6,9-11H,7-8,12H2. The van der Waals surface area contributed by atoms with Gasteiger partial charge in [-0.15, -0.1) is 0 Å². The number of hydrogen-bond donors (Lipinski definition) is 0. The highest BCUT2D eigenvalue weighted by Crippen LogP contribution is 2.37. The third kappa shape index (κ3) is 9.25. The normalized spacial score (nSPS) is 10.6. The smallest absolute Gasteiger partial charge is 0.157 e. The number of hydrogen-bond acceptors (Lipinski definition) is 4. The molecule has 2 aromatic rings. The molecule has 0 saturated carbocycles. The zero-order valence-electron chi connectivity index (χ0n) is 15.3. The summed E-state index contributed by atoms with van der Waals surface area (Å²) in [5.41, 5.74) is 1.77. The SMILES string of the molecule is ClC(Cl)=CCON=Cc1ccc(COc2c(Cl)cc(OCC=C(Cl)Cl)cc2Cl)cc1. The van der Waals surface area contributed by atoms with E-state index in [1.165, 1.54) is 12.2 Å². The van der Waals surface area contributed by atoms with Crippen LogP contribution >= 0.6 is 69.6 Å². The maximum absolute atomic E-state index is 6.26. The van der Waals surface area contributed by atoms with Gasteiger partial charge >= 0.3 is 0 Å². The fourth-order valence-corrected chi connectivity index (χ4v) is 2.88. The van der Waals surface area contributed by atoms with Crippen molar-refractivity contribution in [2.75, 3.05) is 13.2 Å². The fraction of sp³-hybridized carbons (Fsp3) is 0.150. The second kappa shape index (κ2) is 13.2. The summed E-state index contributed by atoms with van der Waals surface area (Å²) < 4.78 is 11.5.